The van der Waals surface area contributed by atoms with E-state index in [0.29, 0.717) is 12.1 Å². The van der Waals surface area contributed by atoms with Gasteiger partial charge in [0.25, 0.3) is 0 Å². The van der Waals surface area contributed by atoms with Crippen LogP contribution in [0.1, 0.15) is 19.3 Å². The monoisotopic (exact) mass is 233 g/mol. The molecule has 1 aromatic carbocycles. The molecule has 0 bridgehead atoms. The zero-order valence-corrected chi connectivity index (χ0v) is 9.93. The summed E-state index contributed by atoms with van der Waals surface area (Å²) in [7, 11) is 0. The smallest absolute Gasteiger partial charge is 0.193 e. The molecule has 3 N–H and O–H groups in total. The normalized spacial score (nSPS) is 20.5. The molecule has 0 aliphatic carbocycles. The Kier molecular flexibility index (Phi) is 4.38. The molecule has 1 aromatic rings. The number of nitrogens with zero attached hydrogens (tertiary/aromatic N) is 1. The minimum absolute atomic E-state index is 0.378. The Morgan fingerprint density at radius 2 is 2.24 bits per heavy atom. The number of para-hydroxylation sites is 1. The van der Waals surface area contributed by atoms with Gasteiger partial charge < -0.3 is 15.8 Å². The fourth-order valence-corrected chi connectivity index (χ4v) is 1.91. The van der Waals surface area contributed by atoms with E-state index in [2.05, 4.69) is 10.3 Å². The van der Waals surface area contributed by atoms with Gasteiger partial charge in [-0.25, -0.2) is 0 Å². The lowest BCUT2D eigenvalue weighted by Crippen LogP contribution is -2.23. The summed E-state index contributed by atoms with van der Waals surface area (Å²) in [5, 5.41) is 3.05. The molecule has 0 aromatic heterocycles. The van der Waals surface area contributed by atoms with Crippen LogP contribution < -0.4 is 11.1 Å². The Labute approximate surface area is 102 Å². The van der Waals surface area contributed by atoms with Crippen molar-refractivity contribution in [2.75, 3.05) is 18.5 Å². The third kappa shape index (κ3) is 4.07. The van der Waals surface area contributed by atoms with E-state index in [1.165, 1.54) is 6.42 Å². The first-order valence-corrected chi connectivity index (χ1v) is 6.08. The van der Waals surface area contributed by atoms with Crippen LogP contribution in [0.15, 0.2) is 35.3 Å². The molecule has 1 atom stereocenters. The van der Waals surface area contributed by atoms with Crippen LogP contribution in [-0.2, 0) is 4.74 Å². The topological polar surface area (TPSA) is 59.6 Å². The predicted octanol–water partition coefficient (Wildman–Crippen LogP) is 1.98. The number of ether oxygens (including phenoxy) is 1. The lowest BCUT2D eigenvalue weighted by molar-refractivity contribution is 0.106. The molecule has 1 fully saturated rings. The molecular weight excluding hydrogens is 214 g/mol. The molecular formula is C13H19N3O. The number of nitrogens with two attached hydrogens (primary N) is 1. The van der Waals surface area contributed by atoms with Gasteiger partial charge >= 0.3 is 0 Å². The summed E-state index contributed by atoms with van der Waals surface area (Å²) in [6.45, 7) is 1.61. The highest BCUT2D eigenvalue weighted by Gasteiger charge is 2.14. The average Bonchev–Trinajstić information content (AvgIpc) is 2.83. The number of hydrogen-bond acceptors (Lipinski definition) is 2. The van der Waals surface area contributed by atoms with E-state index < -0.39 is 0 Å². The molecule has 0 spiro atoms. The first kappa shape index (κ1) is 11.9. The third-order valence-corrected chi connectivity index (χ3v) is 2.80. The first-order valence-electron chi connectivity index (χ1n) is 6.08. The van der Waals surface area contributed by atoms with Crippen molar-refractivity contribution in [3.05, 3.63) is 30.3 Å². The summed E-state index contributed by atoms with van der Waals surface area (Å²) >= 11 is 0. The number of rotatable bonds is 4. The van der Waals surface area contributed by atoms with Crippen molar-refractivity contribution in [2.24, 2.45) is 10.7 Å². The molecule has 1 saturated heterocycles. The van der Waals surface area contributed by atoms with Crippen molar-refractivity contribution in [1.29, 1.82) is 0 Å². The van der Waals surface area contributed by atoms with Gasteiger partial charge in [0.2, 0.25) is 0 Å². The van der Waals surface area contributed by atoms with E-state index in [-0.39, 0.29) is 0 Å². The number of guanidine groups is 1. The maximum atomic E-state index is 5.79. The predicted molar refractivity (Wildman–Crippen MR) is 70.1 cm³/mol. The fraction of sp³-hybridized carbons (Fsp3) is 0.462. The summed E-state index contributed by atoms with van der Waals surface area (Å²) in [5.41, 5.74) is 6.75. The molecule has 1 unspecified atom stereocenters. The molecule has 1 heterocycles. The molecule has 0 amide bonds. The Bertz CT molecular complexity index is 358. The molecule has 17 heavy (non-hydrogen) atoms. The summed E-state index contributed by atoms with van der Waals surface area (Å²) in [6.07, 6.45) is 3.66. The maximum absolute atomic E-state index is 5.79. The molecule has 0 saturated carbocycles. The molecule has 2 rings (SSSR count). The number of anilines is 1. The maximum Gasteiger partial charge on any atom is 0.193 e. The highest BCUT2D eigenvalue weighted by molar-refractivity contribution is 5.92. The van der Waals surface area contributed by atoms with Gasteiger partial charge in [-0.2, -0.15) is 0 Å². The van der Waals surface area contributed by atoms with Crippen LogP contribution in [0.4, 0.5) is 5.69 Å². The van der Waals surface area contributed by atoms with Crippen LogP contribution in [0.5, 0.6) is 0 Å². The van der Waals surface area contributed by atoms with E-state index in [1.54, 1.807) is 0 Å². The van der Waals surface area contributed by atoms with Crippen molar-refractivity contribution in [2.45, 2.75) is 25.4 Å². The zero-order valence-electron chi connectivity index (χ0n) is 9.93. The third-order valence-electron chi connectivity index (χ3n) is 2.80. The minimum atomic E-state index is 0.378. The second kappa shape index (κ2) is 6.25. The van der Waals surface area contributed by atoms with Gasteiger partial charge in [0.1, 0.15) is 0 Å². The van der Waals surface area contributed by atoms with E-state index >= 15 is 0 Å². The van der Waals surface area contributed by atoms with E-state index in [9.17, 15) is 0 Å². The molecule has 4 nitrogen and oxygen atoms in total. The van der Waals surface area contributed by atoms with Crippen molar-refractivity contribution >= 4 is 11.6 Å². The molecule has 92 valence electrons. The van der Waals surface area contributed by atoms with Crippen LogP contribution in [-0.4, -0.2) is 25.2 Å². The highest BCUT2D eigenvalue weighted by Crippen LogP contribution is 2.14. The number of aliphatic imine (C=N–C) groups is 1. The first-order chi connectivity index (χ1) is 8.34. The largest absolute Gasteiger partial charge is 0.378 e. The highest BCUT2D eigenvalue weighted by atomic mass is 16.5. The zero-order chi connectivity index (χ0) is 11.9. The lowest BCUT2D eigenvalue weighted by atomic mass is 10.2. The van der Waals surface area contributed by atoms with Gasteiger partial charge in [-0.1, -0.05) is 18.2 Å². The van der Waals surface area contributed by atoms with Crippen molar-refractivity contribution < 1.29 is 4.74 Å². The second-order valence-corrected chi connectivity index (χ2v) is 4.18. The number of benzene rings is 1. The number of hydrogen-bond donors (Lipinski definition) is 2. The van der Waals surface area contributed by atoms with Gasteiger partial charge in [0, 0.05) is 18.8 Å². The van der Waals surface area contributed by atoms with Gasteiger partial charge in [0.05, 0.1) is 6.10 Å². The van der Waals surface area contributed by atoms with Crippen LogP contribution in [0.2, 0.25) is 0 Å². The van der Waals surface area contributed by atoms with Gasteiger partial charge in [-0.3, -0.25) is 4.99 Å². The fourth-order valence-electron chi connectivity index (χ4n) is 1.91. The van der Waals surface area contributed by atoms with Crippen LogP contribution in [0.3, 0.4) is 0 Å². The summed E-state index contributed by atoms with van der Waals surface area (Å²) in [6, 6.07) is 9.81. The van der Waals surface area contributed by atoms with Crippen molar-refractivity contribution in [3.63, 3.8) is 0 Å². The van der Waals surface area contributed by atoms with Crippen molar-refractivity contribution in [3.8, 4) is 0 Å². The second-order valence-electron chi connectivity index (χ2n) is 4.18. The van der Waals surface area contributed by atoms with Crippen LogP contribution >= 0.6 is 0 Å². The summed E-state index contributed by atoms with van der Waals surface area (Å²) in [4.78, 5) is 4.29. The molecule has 1 aliphatic rings. The SMILES string of the molecule is NC(=NCCC1CCCO1)Nc1ccccc1. The Balaban J connectivity index is 1.73. The average molecular weight is 233 g/mol. The molecule has 0 radical (unpaired) electrons. The minimum Gasteiger partial charge on any atom is -0.378 e. The van der Waals surface area contributed by atoms with Gasteiger partial charge in [0.15, 0.2) is 5.96 Å². The number of nitrogens with one attached hydrogen (secondary N) is 1. The van der Waals surface area contributed by atoms with Crippen molar-refractivity contribution in [1.82, 2.24) is 0 Å². The standard InChI is InChI=1S/C13H19N3O/c14-13(16-11-5-2-1-3-6-11)15-9-8-12-7-4-10-17-12/h1-3,5-6,12H,4,7-10H2,(H3,14,15,16). The molecule has 1 aliphatic heterocycles. The summed E-state index contributed by atoms with van der Waals surface area (Å²) < 4.78 is 5.52. The van der Waals surface area contributed by atoms with Crippen LogP contribution in [0, 0.1) is 0 Å². The lowest BCUT2D eigenvalue weighted by Gasteiger charge is -2.08. The van der Waals surface area contributed by atoms with E-state index in [4.69, 9.17) is 10.5 Å². The Hall–Kier alpha value is -1.55. The van der Waals surface area contributed by atoms with E-state index in [0.717, 1.165) is 31.7 Å². The van der Waals surface area contributed by atoms with Crippen LogP contribution in [0.25, 0.3) is 0 Å². The van der Waals surface area contributed by atoms with Gasteiger partial charge in [-0.05, 0) is 31.4 Å². The Morgan fingerprint density at radius 3 is 2.94 bits per heavy atom. The quantitative estimate of drug-likeness (QED) is 0.617. The molecule has 4 heteroatoms. The van der Waals surface area contributed by atoms with E-state index in [1.807, 2.05) is 30.3 Å². The summed E-state index contributed by atoms with van der Waals surface area (Å²) in [5.74, 6) is 0.467. The van der Waals surface area contributed by atoms with Gasteiger partial charge in [-0.15, -0.1) is 0 Å². The Morgan fingerprint density at radius 1 is 1.41 bits per heavy atom.